The number of thioether (sulfide) groups is 1. The zero-order chi connectivity index (χ0) is 21.1. The quantitative estimate of drug-likeness (QED) is 0.413. The summed E-state index contributed by atoms with van der Waals surface area (Å²) in [6, 6.07) is 9.67. The van der Waals surface area contributed by atoms with E-state index in [4.69, 9.17) is 0 Å². The van der Waals surface area contributed by atoms with Gasteiger partial charge in [0.05, 0.1) is 5.52 Å². The molecule has 0 saturated heterocycles. The van der Waals surface area contributed by atoms with Gasteiger partial charge >= 0.3 is 0 Å². The molecular weight excluding hydrogens is 452 g/mol. The fourth-order valence-electron chi connectivity index (χ4n) is 3.28. The molecule has 2 heterocycles. The maximum absolute atomic E-state index is 13.2. The van der Waals surface area contributed by atoms with E-state index in [9.17, 15) is 9.59 Å². The standard InChI is InChI=1S/C21H25BrN4O2S/c1-13(2)11-26-20(28)19-17(24-21(26)29-4)8-14(3)25(19)12-18(27)23-10-15-6-5-7-16(22)9-15/h5-9,13H,10-12H2,1-4H3,(H,23,27). The third kappa shape index (κ3) is 4.93. The predicted octanol–water partition coefficient (Wildman–Crippen LogP) is 3.96. The molecule has 0 radical (unpaired) electrons. The summed E-state index contributed by atoms with van der Waals surface area (Å²) in [6.07, 6.45) is 1.92. The maximum Gasteiger partial charge on any atom is 0.278 e. The summed E-state index contributed by atoms with van der Waals surface area (Å²) >= 11 is 4.90. The van der Waals surface area contributed by atoms with Crippen molar-refractivity contribution in [2.24, 2.45) is 5.92 Å². The number of fused-ring (bicyclic) bond motifs is 1. The zero-order valence-electron chi connectivity index (χ0n) is 17.0. The Morgan fingerprint density at radius 1 is 1.28 bits per heavy atom. The van der Waals surface area contributed by atoms with Gasteiger partial charge in [-0.05, 0) is 42.9 Å². The highest BCUT2D eigenvalue weighted by molar-refractivity contribution is 9.10. The van der Waals surface area contributed by atoms with Crippen molar-refractivity contribution in [1.82, 2.24) is 19.4 Å². The van der Waals surface area contributed by atoms with Crippen molar-refractivity contribution in [2.75, 3.05) is 6.26 Å². The van der Waals surface area contributed by atoms with Crippen LogP contribution in [-0.4, -0.2) is 26.3 Å². The molecule has 0 bridgehead atoms. The molecule has 1 N–H and O–H groups in total. The highest BCUT2D eigenvalue weighted by Gasteiger charge is 2.18. The molecule has 0 atom stereocenters. The third-order valence-corrected chi connectivity index (χ3v) is 5.76. The number of aryl methyl sites for hydroxylation is 1. The van der Waals surface area contributed by atoms with Gasteiger partial charge in [0, 0.05) is 23.3 Å². The van der Waals surface area contributed by atoms with Crippen molar-refractivity contribution in [3.63, 3.8) is 0 Å². The minimum absolute atomic E-state index is 0.0839. The van der Waals surface area contributed by atoms with Crippen LogP contribution < -0.4 is 10.9 Å². The smallest absolute Gasteiger partial charge is 0.278 e. The van der Waals surface area contributed by atoms with E-state index >= 15 is 0 Å². The van der Waals surface area contributed by atoms with Crippen LogP contribution in [0.4, 0.5) is 0 Å². The minimum Gasteiger partial charge on any atom is -0.350 e. The molecule has 1 amide bonds. The van der Waals surface area contributed by atoms with E-state index in [1.54, 1.807) is 9.13 Å². The Balaban J connectivity index is 1.89. The average molecular weight is 477 g/mol. The van der Waals surface area contributed by atoms with Crippen LogP contribution in [0.3, 0.4) is 0 Å². The fraction of sp³-hybridized carbons (Fsp3) is 0.381. The number of carbonyl (C=O) groups is 1. The van der Waals surface area contributed by atoms with Crippen molar-refractivity contribution in [1.29, 1.82) is 0 Å². The number of hydrogen-bond donors (Lipinski definition) is 1. The molecule has 3 aromatic rings. The number of benzene rings is 1. The van der Waals surface area contributed by atoms with Gasteiger partial charge in [-0.2, -0.15) is 0 Å². The van der Waals surface area contributed by atoms with Crippen LogP contribution in [0.2, 0.25) is 0 Å². The second-order valence-electron chi connectivity index (χ2n) is 7.42. The van der Waals surface area contributed by atoms with Crippen molar-refractivity contribution in [3.8, 4) is 0 Å². The van der Waals surface area contributed by atoms with E-state index < -0.39 is 0 Å². The Labute approximate surface area is 182 Å². The lowest BCUT2D eigenvalue weighted by molar-refractivity contribution is -0.121. The highest BCUT2D eigenvalue weighted by atomic mass is 79.9. The number of halogens is 1. The summed E-state index contributed by atoms with van der Waals surface area (Å²) in [5.74, 6) is 0.171. The first-order valence-corrected chi connectivity index (χ1v) is 11.5. The Hall–Kier alpha value is -2.06. The number of carbonyl (C=O) groups excluding carboxylic acids is 1. The second kappa shape index (κ2) is 9.17. The molecule has 0 aliphatic heterocycles. The van der Waals surface area contributed by atoms with E-state index in [0.29, 0.717) is 35.2 Å². The van der Waals surface area contributed by atoms with Gasteiger partial charge in [-0.1, -0.05) is 53.7 Å². The van der Waals surface area contributed by atoms with E-state index in [1.165, 1.54) is 11.8 Å². The highest BCUT2D eigenvalue weighted by Crippen LogP contribution is 2.20. The zero-order valence-corrected chi connectivity index (χ0v) is 19.4. The molecule has 29 heavy (non-hydrogen) atoms. The number of aromatic nitrogens is 3. The Morgan fingerprint density at radius 3 is 2.69 bits per heavy atom. The summed E-state index contributed by atoms with van der Waals surface area (Å²) in [5.41, 5.74) is 2.88. The lowest BCUT2D eigenvalue weighted by atomic mass is 10.2. The van der Waals surface area contributed by atoms with Gasteiger partial charge in [0.2, 0.25) is 5.91 Å². The summed E-state index contributed by atoms with van der Waals surface area (Å²) in [6.45, 7) is 7.15. The molecule has 0 saturated carbocycles. The molecule has 154 valence electrons. The number of nitrogens with one attached hydrogen (secondary N) is 1. The summed E-state index contributed by atoms with van der Waals surface area (Å²) in [4.78, 5) is 30.5. The lowest BCUT2D eigenvalue weighted by Crippen LogP contribution is -2.30. The van der Waals surface area contributed by atoms with Crippen LogP contribution in [0, 0.1) is 12.8 Å². The van der Waals surface area contributed by atoms with Gasteiger partial charge in [0.1, 0.15) is 12.1 Å². The number of hydrogen-bond acceptors (Lipinski definition) is 4. The van der Waals surface area contributed by atoms with Crippen LogP contribution in [0.15, 0.2) is 44.8 Å². The van der Waals surface area contributed by atoms with Crippen LogP contribution in [-0.2, 0) is 24.4 Å². The van der Waals surface area contributed by atoms with Crippen molar-refractivity contribution in [3.05, 3.63) is 56.4 Å². The first-order valence-electron chi connectivity index (χ1n) is 9.46. The normalized spacial score (nSPS) is 11.4. The second-order valence-corrected chi connectivity index (χ2v) is 9.11. The fourth-order valence-corrected chi connectivity index (χ4v) is 4.29. The first-order chi connectivity index (χ1) is 13.8. The van der Waals surface area contributed by atoms with Crippen LogP contribution in [0.5, 0.6) is 0 Å². The summed E-state index contributed by atoms with van der Waals surface area (Å²) in [7, 11) is 0. The molecule has 8 heteroatoms. The van der Waals surface area contributed by atoms with Crippen molar-refractivity contribution >= 4 is 44.6 Å². The molecule has 2 aromatic heterocycles. The molecule has 0 fully saturated rings. The van der Waals surface area contributed by atoms with Crippen molar-refractivity contribution in [2.45, 2.75) is 45.6 Å². The maximum atomic E-state index is 13.2. The van der Waals surface area contributed by atoms with E-state index in [2.05, 4.69) is 40.1 Å². The topological polar surface area (TPSA) is 68.9 Å². The Morgan fingerprint density at radius 2 is 2.03 bits per heavy atom. The van der Waals surface area contributed by atoms with Crippen LogP contribution in [0.1, 0.15) is 25.1 Å². The van der Waals surface area contributed by atoms with Gasteiger partial charge < -0.3 is 9.88 Å². The van der Waals surface area contributed by atoms with Crippen molar-refractivity contribution < 1.29 is 4.79 Å². The molecule has 0 spiro atoms. The molecule has 0 unspecified atom stereocenters. The van der Waals surface area contributed by atoms with Gasteiger partial charge in [0.25, 0.3) is 5.56 Å². The molecule has 6 nitrogen and oxygen atoms in total. The van der Waals surface area contributed by atoms with E-state index in [0.717, 1.165) is 15.7 Å². The van der Waals surface area contributed by atoms with Gasteiger partial charge in [-0.25, -0.2) is 4.98 Å². The third-order valence-electron chi connectivity index (χ3n) is 4.59. The summed E-state index contributed by atoms with van der Waals surface area (Å²) in [5, 5.41) is 3.63. The monoisotopic (exact) mass is 476 g/mol. The number of rotatable bonds is 7. The van der Waals surface area contributed by atoms with E-state index in [1.807, 2.05) is 43.5 Å². The lowest BCUT2D eigenvalue weighted by Gasteiger charge is -2.14. The molecule has 0 aliphatic carbocycles. The van der Waals surface area contributed by atoms with Crippen LogP contribution in [0.25, 0.3) is 11.0 Å². The molecular formula is C21H25BrN4O2S. The van der Waals surface area contributed by atoms with Gasteiger partial charge in [0.15, 0.2) is 5.16 Å². The Kier molecular flexibility index (Phi) is 6.85. The largest absolute Gasteiger partial charge is 0.350 e. The SMILES string of the molecule is CSc1nc2cc(C)n(CC(=O)NCc3cccc(Br)c3)c2c(=O)n1CC(C)C. The van der Waals surface area contributed by atoms with Crippen LogP contribution >= 0.6 is 27.7 Å². The number of nitrogens with zero attached hydrogens (tertiary/aromatic N) is 3. The molecule has 1 aromatic carbocycles. The molecule has 3 rings (SSSR count). The molecule has 0 aliphatic rings. The van der Waals surface area contributed by atoms with Gasteiger partial charge in [-0.15, -0.1) is 0 Å². The minimum atomic E-state index is -0.144. The van der Waals surface area contributed by atoms with E-state index in [-0.39, 0.29) is 18.0 Å². The Bertz CT molecular complexity index is 1100. The average Bonchev–Trinajstić information content (AvgIpc) is 2.97. The van der Waals surface area contributed by atoms with Gasteiger partial charge in [-0.3, -0.25) is 14.2 Å². The summed E-state index contributed by atoms with van der Waals surface area (Å²) < 4.78 is 4.45. The first kappa shape index (κ1) is 21.6. The number of amides is 1. The predicted molar refractivity (Wildman–Crippen MR) is 121 cm³/mol.